The van der Waals surface area contributed by atoms with Gasteiger partial charge in [0.05, 0.1) is 11.9 Å². The Morgan fingerprint density at radius 1 is 1.69 bits per heavy atom. The summed E-state index contributed by atoms with van der Waals surface area (Å²) in [6.07, 6.45) is 2.78. The highest BCUT2D eigenvalue weighted by atomic mass is 16.4. The van der Waals surface area contributed by atoms with Crippen LogP contribution in [0.5, 0.6) is 0 Å². The van der Waals surface area contributed by atoms with Crippen LogP contribution in [0.25, 0.3) is 0 Å². The summed E-state index contributed by atoms with van der Waals surface area (Å²) in [5.41, 5.74) is -0.170. The molecule has 0 spiro atoms. The van der Waals surface area contributed by atoms with Crippen LogP contribution in [0, 0.1) is 0 Å². The number of nitrogens with one attached hydrogen (secondary N) is 1. The summed E-state index contributed by atoms with van der Waals surface area (Å²) in [4.78, 5) is 11.1. The van der Waals surface area contributed by atoms with Crippen LogP contribution in [-0.2, 0) is 10.3 Å². The molecule has 1 unspecified atom stereocenters. The molecule has 2 N–H and O–H groups in total. The molecule has 6 heteroatoms. The van der Waals surface area contributed by atoms with Crippen molar-refractivity contribution in [2.45, 2.75) is 31.7 Å². The summed E-state index contributed by atoms with van der Waals surface area (Å²) < 4.78 is 1.42. The van der Waals surface area contributed by atoms with Gasteiger partial charge in [-0.15, -0.1) is 5.10 Å². The Morgan fingerprint density at radius 3 is 3.00 bits per heavy atom. The van der Waals surface area contributed by atoms with Crippen LogP contribution in [-0.4, -0.2) is 39.2 Å². The van der Waals surface area contributed by atoms with E-state index >= 15 is 0 Å². The van der Waals surface area contributed by atoms with E-state index in [2.05, 4.69) is 15.6 Å². The molecule has 1 aliphatic heterocycles. The average Bonchev–Trinajstić information content (AvgIpc) is 2.88. The molecule has 1 aliphatic rings. The highest BCUT2D eigenvalue weighted by Crippen LogP contribution is 2.22. The molecule has 0 aromatic carbocycles. The topological polar surface area (TPSA) is 80.0 Å². The second kappa shape index (κ2) is 3.86. The fraction of sp³-hybridized carbons (Fsp3) is 0.700. The summed E-state index contributed by atoms with van der Waals surface area (Å²) in [5.74, 6) is -0.549. The van der Waals surface area contributed by atoms with Crippen LogP contribution in [0.4, 0.5) is 0 Å². The molecule has 2 rings (SSSR count). The summed E-state index contributed by atoms with van der Waals surface area (Å²) >= 11 is 0. The predicted octanol–water partition coefficient (Wildman–Crippen LogP) is 0.175. The first-order valence-electron chi connectivity index (χ1n) is 5.38. The maximum absolute atomic E-state index is 11.1. The van der Waals surface area contributed by atoms with E-state index in [1.807, 2.05) is 0 Å². The first kappa shape index (κ1) is 11.1. The lowest BCUT2D eigenvalue weighted by Crippen LogP contribution is -2.36. The van der Waals surface area contributed by atoms with E-state index in [1.165, 1.54) is 4.68 Å². The lowest BCUT2D eigenvalue weighted by molar-refractivity contribution is -0.146. The second-order valence-corrected chi connectivity index (χ2v) is 4.64. The van der Waals surface area contributed by atoms with Gasteiger partial charge in [0, 0.05) is 12.5 Å². The Bertz CT molecular complexity index is 393. The monoisotopic (exact) mass is 224 g/mol. The normalized spacial score (nSPS) is 21.2. The molecule has 0 radical (unpaired) electrons. The van der Waals surface area contributed by atoms with Crippen LogP contribution >= 0.6 is 0 Å². The minimum atomic E-state index is -1.04. The molecule has 1 saturated heterocycles. The van der Waals surface area contributed by atoms with Crippen molar-refractivity contribution in [1.82, 2.24) is 20.3 Å². The minimum absolute atomic E-state index is 0.360. The van der Waals surface area contributed by atoms with Gasteiger partial charge < -0.3 is 10.4 Å². The minimum Gasteiger partial charge on any atom is -0.479 e. The number of hydrogen-bond acceptors (Lipinski definition) is 4. The van der Waals surface area contributed by atoms with Gasteiger partial charge in [0.2, 0.25) is 0 Å². The van der Waals surface area contributed by atoms with Gasteiger partial charge in [-0.2, -0.15) is 0 Å². The first-order chi connectivity index (χ1) is 7.51. The van der Waals surface area contributed by atoms with E-state index in [9.17, 15) is 4.79 Å². The van der Waals surface area contributed by atoms with Crippen LogP contribution in [0.1, 0.15) is 31.9 Å². The Balaban J connectivity index is 2.21. The molecule has 1 aromatic rings. The highest BCUT2D eigenvalue weighted by molar-refractivity contribution is 5.75. The van der Waals surface area contributed by atoms with Gasteiger partial charge in [-0.3, -0.25) is 0 Å². The van der Waals surface area contributed by atoms with Crippen molar-refractivity contribution < 1.29 is 9.90 Å². The molecule has 1 fully saturated rings. The Labute approximate surface area is 93.6 Å². The van der Waals surface area contributed by atoms with Crippen molar-refractivity contribution in [3.8, 4) is 0 Å². The summed E-state index contributed by atoms with van der Waals surface area (Å²) in [7, 11) is 0. The van der Waals surface area contributed by atoms with Crippen molar-refractivity contribution in [2.24, 2.45) is 0 Å². The first-order valence-corrected chi connectivity index (χ1v) is 5.38. The van der Waals surface area contributed by atoms with Gasteiger partial charge in [0.15, 0.2) is 5.54 Å². The van der Waals surface area contributed by atoms with Crippen LogP contribution in [0.15, 0.2) is 6.20 Å². The molecule has 88 valence electrons. The van der Waals surface area contributed by atoms with Gasteiger partial charge in [0.1, 0.15) is 0 Å². The number of carboxylic acid groups (broad SMARTS) is 1. The third-order valence-electron chi connectivity index (χ3n) is 3.09. The van der Waals surface area contributed by atoms with E-state index < -0.39 is 11.5 Å². The number of carbonyl (C=O) groups is 1. The Morgan fingerprint density at radius 2 is 2.44 bits per heavy atom. The van der Waals surface area contributed by atoms with Crippen LogP contribution < -0.4 is 5.32 Å². The third kappa shape index (κ3) is 1.80. The Hall–Kier alpha value is -1.43. The lowest BCUT2D eigenvalue weighted by atomic mass is 10.0. The van der Waals surface area contributed by atoms with Gasteiger partial charge in [-0.1, -0.05) is 5.21 Å². The van der Waals surface area contributed by atoms with Crippen molar-refractivity contribution in [3.63, 3.8) is 0 Å². The molecule has 2 heterocycles. The lowest BCUT2D eigenvalue weighted by Gasteiger charge is -2.18. The van der Waals surface area contributed by atoms with Gasteiger partial charge in [-0.05, 0) is 26.8 Å². The van der Waals surface area contributed by atoms with Gasteiger partial charge in [-0.25, -0.2) is 9.48 Å². The van der Waals surface area contributed by atoms with E-state index in [0.717, 1.165) is 25.2 Å². The molecule has 0 amide bonds. The summed E-state index contributed by atoms with van der Waals surface area (Å²) in [5, 5.41) is 20.3. The van der Waals surface area contributed by atoms with Gasteiger partial charge >= 0.3 is 5.97 Å². The van der Waals surface area contributed by atoms with E-state index in [-0.39, 0.29) is 0 Å². The maximum atomic E-state index is 11.1. The number of hydrogen-bond donors (Lipinski definition) is 2. The molecule has 0 saturated carbocycles. The zero-order valence-corrected chi connectivity index (χ0v) is 9.47. The Kier molecular flexibility index (Phi) is 2.67. The predicted molar refractivity (Wildman–Crippen MR) is 57.2 cm³/mol. The van der Waals surface area contributed by atoms with Crippen LogP contribution in [0.3, 0.4) is 0 Å². The van der Waals surface area contributed by atoms with Crippen molar-refractivity contribution in [1.29, 1.82) is 0 Å². The molecule has 6 nitrogen and oxygen atoms in total. The smallest absolute Gasteiger partial charge is 0.331 e. The van der Waals surface area contributed by atoms with Crippen molar-refractivity contribution >= 4 is 5.97 Å². The maximum Gasteiger partial charge on any atom is 0.331 e. The molecule has 1 atom stereocenters. The standard InChI is InChI=1S/C10H16N4O2/c1-10(2,9(15)16)14-6-8(12-13-14)7-3-4-11-5-7/h6-7,11H,3-5H2,1-2H3,(H,15,16). The van der Waals surface area contributed by atoms with Gasteiger partial charge in [0.25, 0.3) is 0 Å². The quantitative estimate of drug-likeness (QED) is 0.765. The number of nitrogens with zero attached hydrogens (tertiary/aromatic N) is 3. The zero-order chi connectivity index (χ0) is 11.8. The van der Waals surface area contributed by atoms with Crippen molar-refractivity contribution in [2.75, 3.05) is 13.1 Å². The second-order valence-electron chi connectivity index (χ2n) is 4.64. The SMILES string of the molecule is CC(C)(C(=O)O)n1cc(C2CCNC2)nn1. The van der Waals surface area contributed by atoms with E-state index in [1.54, 1.807) is 20.0 Å². The zero-order valence-electron chi connectivity index (χ0n) is 9.47. The van der Waals surface area contributed by atoms with E-state index in [0.29, 0.717) is 5.92 Å². The average molecular weight is 224 g/mol. The fourth-order valence-electron chi connectivity index (χ4n) is 1.74. The molecule has 0 bridgehead atoms. The summed E-state index contributed by atoms with van der Waals surface area (Å²) in [6, 6.07) is 0. The van der Waals surface area contributed by atoms with Crippen molar-refractivity contribution in [3.05, 3.63) is 11.9 Å². The fourth-order valence-corrected chi connectivity index (χ4v) is 1.74. The third-order valence-corrected chi connectivity index (χ3v) is 3.09. The summed E-state index contributed by atoms with van der Waals surface area (Å²) in [6.45, 7) is 5.10. The molecule has 16 heavy (non-hydrogen) atoms. The molecular formula is C10H16N4O2. The molecular weight excluding hydrogens is 208 g/mol. The number of aromatic nitrogens is 3. The molecule has 1 aromatic heterocycles. The number of aliphatic carboxylic acids is 1. The molecule has 0 aliphatic carbocycles. The van der Waals surface area contributed by atoms with Crippen LogP contribution in [0.2, 0.25) is 0 Å². The number of carboxylic acids is 1. The van der Waals surface area contributed by atoms with E-state index in [4.69, 9.17) is 5.11 Å². The number of rotatable bonds is 3. The highest BCUT2D eigenvalue weighted by Gasteiger charge is 2.31. The largest absolute Gasteiger partial charge is 0.479 e.